The molecule has 0 radical (unpaired) electrons. The second-order valence-corrected chi connectivity index (χ2v) is 4.91. The fraction of sp³-hybridized carbons (Fsp3) is 0.412. The zero-order chi connectivity index (χ0) is 12.8. The van der Waals surface area contributed by atoms with Gasteiger partial charge in [-0.1, -0.05) is 68.7 Å². The van der Waals surface area contributed by atoms with Gasteiger partial charge in [0.25, 0.3) is 0 Å². The standard InChI is InChI=1S/C17H23N/c1-3-4-5-13-17(18-2)16-12-8-10-14-9-6-7-11-15(14)16/h6-12,17-18H,3-5,13H2,1-2H3. The Morgan fingerprint density at radius 3 is 2.56 bits per heavy atom. The van der Waals surface area contributed by atoms with Gasteiger partial charge in [0, 0.05) is 6.04 Å². The highest BCUT2D eigenvalue weighted by molar-refractivity contribution is 5.86. The van der Waals surface area contributed by atoms with Gasteiger partial charge in [-0.15, -0.1) is 0 Å². The number of hydrogen-bond donors (Lipinski definition) is 1. The van der Waals surface area contributed by atoms with E-state index in [9.17, 15) is 0 Å². The highest BCUT2D eigenvalue weighted by Crippen LogP contribution is 2.27. The van der Waals surface area contributed by atoms with E-state index in [2.05, 4.69) is 61.8 Å². The molecule has 2 aromatic carbocycles. The smallest absolute Gasteiger partial charge is 0.0323 e. The third-order valence-electron chi connectivity index (χ3n) is 3.64. The maximum absolute atomic E-state index is 3.47. The Labute approximate surface area is 110 Å². The number of nitrogens with one attached hydrogen (secondary N) is 1. The van der Waals surface area contributed by atoms with Crippen molar-refractivity contribution in [1.29, 1.82) is 0 Å². The van der Waals surface area contributed by atoms with Crippen molar-refractivity contribution in [1.82, 2.24) is 5.32 Å². The first-order valence-electron chi connectivity index (χ1n) is 7.01. The first kappa shape index (κ1) is 13.1. The van der Waals surface area contributed by atoms with E-state index in [0.29, 0.717) is 6.04 Å². The second kappa shape index (κ2) is 6.55. The molecule has 0 fully saturated rings. The summed E-state index contributed by atoms with van der Waals surface area (Å²) in [6, 6.07) is 15.8. The average Bonchev–Trinajstić information content (AvgIpc) is 2.43. The topological polar surface area (TPSA) is 12.0 Å². The van der Waals surface area contributed by atoms with Crippen molar-refractivity contribution in [2.24, 2.45) is 0 Å². The van der Waals surface area contributed by atoms with E-state index in [1.165, 1.54) is 42.0 Å². The molecule has 18 heavy (non-hydrogen) atoms. The molecule has 0 spiro atoms. The van der Waals surface area contributed by atoms with E-state index in [-0.39, 0.29) is 0 Å². The maximum Gasteiger partial charge on any atom is 0.0323 e. The maximum atomic E-state index is 3.47. The van der Waals surface area contributed by atoms with Crippen LogP contribution in [0, 0.1) is 0 Å². The number of fused-ring (bicyclic) bond motifs is 1. The Morgan fingerprint density at radius 2 is 1.78 bits per heavy atom. The Bertz CT molecular complexity index is 484. The third kappa shape index (κ3) is 2.91. The van der Waals surface area contributed by atoms with Crippen molar-refractivity contribution in [3.63, 3.8) is 0 Å². The lowest BCUT2D eigenvalue weighted by Gasteiger charge is -2.18. The quantitative estimate of drug-likeness (QED) is 0.724. The zero-order valence-electron chi connectivity index (χ0n) is 11.4. The summed E-state index contributed by atoms with van der Waals surface area (Å²) in [4.78, 5) is 0. The van der Waals surface area contributed by atoms with Gasteiger partial charge in [0.05, 0.1) is 0 Å². The summed E-state index contributed by atoms with van der Waals surface area (Å²) in [6.07, 6.45) is 5.12. The second-order valence-electron chi connectivity index (χ2n) is 4.91. The van der Waals surface area contributed by atoms with Crippen LogP contribution in [0.1, 0.15) is 44.2 Å². The van der Waals surface area contributed by atoms with Gasteiger partial charge in [-0.2, -0.15) is 0 Å². The highest BCUT2D eigenvalue weighted by Gasteiger charge is 2.11. The van der Waals surface area contributed by atoms with Crippen molar-refractivity contribution in [3.05, 3.63) is 48.0 Å². The summed E-state index contributed by atoms with van der Waals surface area (Å²) in [6.45, 7) is 2.26. The minimum atomic E-state index is 0.475. The summed E-state index contributed by atoms with van der Waals surface area (Å²) < 4.78 is 0. The Balaban J connectivity index is 2.27. The number of benzene rings is 2. The van der Waals surface area contributed by atoms with Gasteiger partial charge < -0.3 is 5.32 Å². The normalized spacial score (nSPS) is 12.8. The summed E-state index contributed by atoms with van der Waals surface area (Å²) in [5.41, 5.74) is 1.44. The van der Waals surface area contributed by atoms with E-state index < -0.39 is 0 Å². The molecule has 0 aliphatic rings. The summed E-state index contributed by atoms with van der Waals surface area (Å²) in [7, 11) is 2.07. The minimum absolute atomic E-state index is 0.475. The third-order valence-corrected chi connectivity index (χ3v) is 3.64. The molecular weight excluding hydrogens is 218 g/mol. The van der Waals surface area contributed by atoms with E-state index >= 15 is 0 Å². The molecule has 1 nitrogen and oxygen atoms in total. The molecule has 0 heterocycles. The molecule has 0 aliphatic heterocycles. The molecule has 0 amide bonds. The minimum Gasteiger partial charge on any atom is -0.313 e. The van der Waals surface area contributed by atoms with Crippen LogP contribution in [0.4, 0.5) is 0 Å². The predicted molar refractivity (Wildman–Crippen MR) is 79.9 cm³/mol. The number of unbranched alkanes of at least 4 members (excludes halogenated alkanes) is 2. The zero-order valence-corrected chi connectivity index (χ0v) is 11.4. The molecule has 0 aromatic heterocycles. The van der Waals surface area contributed by atoms with Crippen LogP contribution in [0.15, 0.2) is 42.5 Å². The van der Waals surface area contributed by atoms with Crippen LogP contribution in [0.3, 0.4) is 0 Å². The SMILES string of the molecule is CCCCCC(NC)c1cccc2ccccc12. The average molecular weight is 241 g/mol. The lowest BCUT2D eigenvalue weighted by atomic mass is 9.95. The highest BCUT2D eigenvalue weighted by atomic mass is 14.9. The van der Waals surface area contributed by atoms with Gasteiger partial charge in [-0.3, -0.25) is 0 Å². The molecule has 0 saturated carbocycles. The molecule has 1 unspecified atom stereocenters. The predicted octanol–water partition coefficient (Wildman–Crippen LogP) is 4.68. The van der Waals surface area contributed by atoms with Gasteiger partial charge in [-0.25, -0.2) is 0 Å². The number of rotatable bonds is 6. The van der Waals surface area contributed by atoms with Crippen LogP contribution in [0.2, 0.25) is 0 Å². The molecule has 0 bridgehead atoms. The van der Waals surface area contributed by atoms with Gasteiger partial charge in [0.15, 0.2) is 0 Å². The van der Waals surface area contributed by atoms with Crippen molar-refractivity contribution < 1.29 is 0 Å². The lowest BCUT2D eigenvalue weighted by molar-refractivity contribution is 0.515. The summed E-state index contributed by atoms with van der Waals surface area (Å²) in [5, 5.41) is 6.19. The Kier molecular flexibility index (Phi) is 4.77. The van der Waals surface area contributed by atoms with Crippen molar-refractivity contribution in [2.75, 3.05) is 7.05 Å². The molecular formula is C17H23N. The molecule has 1 atom stereocenters. The van der Waals surface area contributed by atoms with Crippen LogP contribution < -0.4 is 5.32 Å². The molecule has 1 heteroatoms. The summed E-state index contributed by atoms with van der Waals surface area (Å²) in [5.74, 6) is 0. The van der Waals surface area contributed by atoms with Crippen LogP contribution >= 0.6 is 0 Å². The van der Waals surface area contributed by atoms with Gasteiger partial charge >= 0.3 is 0 Å². The number of hydrogen-bond acceptors (Lipinski definition) is 1. The van der Waals surface area contributed by atoms with Gasteiger partial charge in [0.2, 0.25) is 0 Å². The molecule has 0 aliphatic carbocycles. The van der Waals surface area contributed by atoms with E-state index in [4.69, 9.17) is 0 Å². The molecule has 96 valence electrons. The molecule has 2 rings (SSSR count). The van der Waals surface area contributed by atoms with Crippen molar-refractivity contribution in [2.45, 2.75) is 38.6 Å². The lowest BCUT2D eigenvalue weighted by Crippen LogP contribution is -2.16. The van der Waals surface area contributed by atoms with E-state index in [1.807, 2.05) is 0 Å². The Hall–Kier alpha value is -1.34. The van der Waals surface area contributed by atoms with E-state index in [1.54, 1.807) is 0 Å². The first-order chi connectivity index (χ1) is 8.86. The van der Waals surface area contributed by atoms with Crippen molar-refractivity contribution in [3.8, 4) is 0 Å². The fourth-order valence-electron chi connectivity index (χ4n) is 2.61. The molecule has 0 saturated heterocycles. The van der Waals surface area contributed by atoms with Crippen LogP contribution in [-0.2, 0) is 0 Å². The fourth-order valence-corrected chi connectivity index (χ4v) is 2.61. The molecule has 2 aromatic rings. The first-order valence-corrected chi connectivity index (χ1v) is 7.01. The Morgan fingerprint density at radius 1 is 1.00 bits per heavy atom. The van der Waals surface area contributed by atoms with Gasteiger partial charge in [0.1, 0.15) is 0 Å². The van der Waals surface area contributed by atoms with Crippen LogP contribution in [0.5, 0.6) is 0 Å². The van der Waals surface area contributed by atoms with Gasteiger partial charge in [-0.05, 0) is 29.8 Å². The molecule has 1 N–H and O–H groups in total. The van der Waals surface area contributed by atoms with E-state index in [0.717, 1.165) is 0 Å². The van der Waals surface area contributed by atoms with Crippen molar-refractivity contribution >= 4 is 10.8 Å². The van der Waals surface area contributed by atoms with Crippen LogP contribution in [-0.4, -0.2) is 7.05 Å². The van der Waals surface area contributed by atoms with Crippen LogP contribution in [0.25, 0.3) is 10.8 Å². The summed E-state index contributed by atoms with van der Waals surface area (Å²) >= 11 is 0. The monoisotopic (exact) mass is 241 g/mol. The largest absolute Gasteiger partial charge is 0.313 e.